The molecule has 1 N–H and O–H groups in total. The first-order valence-electron chi connectivity index (χ1n) is 9.10. The zero-order valence-corrected chi connectivity index (χ0v) is 14.6. The summed E-state index contributed by atoms with van der Waals surface area (Å²) in [6, 6.07) is 7.41. The molecule has 1 amide bonds. The van der Waals surface area contributed by atoms with E-state index in [2.05, 4.69) is 27.4 Å². The minimum Gasteiger partial charge on any atom is -0.352 e. The molecular formula is C19H24N4O2. The van der Waals surface area contributed by atoms with Crippen LogP contribution in [0.4, 0.5) is 0 Å². The van der Waals surface area contributed by atoms with E-state index in [4.69, 9.17) is 4.52 Å². The maximum Gasteiger partial charge on any atom is 0.251 e. The van der Waals surface area contributed by atoms with Crippen LogP contribution in [0, 0.1) is 5.92 Å². The number of carbonyl (C=O) groups is 1. The Balaban J connectivity index is 1.35. The molecule has 2 fully saturated rings. The SMILES string of the molecule is CN1CCC[C@H](CNC(=O)c2ccc(-c3noc(C4CC4)n3)cc2)C1. The van der Waals surface area contributed by atoms with Crippen molar-refractivity contribution in [2.45, 2.75) is 31.6 Å². The summed E-state index contributed by atoms with van der Waals surface area (Å²) in [7, 11) is 2.14. The van der Waals surface area contributed by atoms with Gasteiger partial charge < -0.3 is 14.7 Å². The Morgan fingerprint density at radius 3 is 2.80 bits per heavy atom. The second-order valence-corrected chi connectivity index (χ2v) is 7.29. The van der Waals surface area contributed by atoms with E-state index in [0.717, 1.165) is 43.9 Å². The zero-order valence-electron chi connectivity index (χ0n) is 14.6. The van der Waals surface area contributed by atoms with Crippen molar-refractivity contribution in [1.82, 2.24) is 20.4 Å². The molecule has 4 rings (SSSR count). The maximum absolute atomic E-state index is 12.3. The highest BCUT2D eigenvalue weighted by Crippen LogP contribution is 2.39. The van der Waals surface area contributed by atoms with E-state index in [1.807, 2.05) is 24.3 Å². The molecule has 25 heavy (non-hydrogen) atoms. The minimum atomic E-state index is -0.0217. The molecule has 1 aliphatic carbocycles. The highest BCUT2D eigenvalue weighted by molar-refractivity contribution is 5.94. The van der Waals surface area contributed by atoms with Gasteiger partial charge in [0, 0.05) is 30.1 Å². The van der Waals surface area contributed by atoms with Gasteiger partial charge in [0.25, 0.3) is 5.91 Å². The van der Waals surface area contributed by atoms with E-state index in [1.54, 1.807) is 0 Å². The number of amides is 1. The van der Waals surface area contributed by atoms with Gasteiger partial charge in [-0.2, -0.15) is 4.98 Å². The summed E-state index contributed by atoms with van der Waals surface area (Å²) in [5.74, 6) is 2.30. The molecule has 1 saturated heterocycles. The monoisotopic (exact) mass is 340 g/mol. The van der Waals surface area contributed by atoms with E-state index < -0.39 is 0 Å². The summed E-state index contributed by atoms with van der Waals surface area (Å²) in [6.45, 7) is 2.95. The van der Waals surface area contributed by atoms with E-state index >= 15 is 0 Å². The summed E-state index contributed by atoms with van der Waals surface area (Å²) < 4.78 is 5.29. The third-order valence-corrected chi connectivity index (χ3v) is 5.05. The maximum atomic E-state index is 12.3. The molecule has 0 radical (unpaired) electrons. The molecule has 1 aromatic carbocycles. The van der Waals surface area contributed by atoms with Crippen molar-refractivity contribution in [1.29, 1.82) is 0 Å². The quantitative estimate of drug-likeness (QED) is 0.906. The average Bonchev–Trinajstić information content (AvgIpc) is 3.37. The molecule has 2 heterocycles. The van der Waals surface area contributed by atoms with Crippen molar-refractivity contribution >= 4 is 5.91 Å². The topological polar surface area (TPSA) is 71.3 Å². The van der Waals surface area contributed by atoms with E-state index in [1.165, 1.54) is 12.8 Å². The highest BCUT2D eigenvalue weighted by atomic mass is 16.5. The fraction of sp³-hybridized carbons (Fsp3) is 0.526. The van der Waals surface area contributed by atoms with Gasteiger partial charge in [-0.3, -0.25) is 4.79 Å². The normalized spacial score (nSPS) is 21.2. The molecule has 1 aromatic heterocycles. The Morgan fingerprint density at radius 1 is 1.28 bits per heavy atom. The van der Waals surface area contributed by atoms with Crippen LogP contribution in [0.1, 0.15) is 47.8 Å². The molecule has 132 valence electrons. The van der Waals surface area contributed by atoms with Gasteiger partial charge in [0.05, 0.1) is 0 Å². The molecule has 2 aromatic rings. The van der Waals surface area contributed by atoms with Gasteiger partial charge >= 0.3 is 0 Å². The minimum absolute atomic E-state index is 0.0217. The van der Waals surface area contributed by atoms with Crippen LogP contribution in [0.3, 0.4) is 0 Å². The van der Waals surface area contributed by atoms with Crippen LogP contribution in [0.2, 0.25) is 0 Å². The highest BCUT2D eigenvalue weighted by Gasteiger charge is 2.29. The van der Waals surface area contributed by atoms with Crippen molar-refractivity contribution in [3.8, 4) is 11.4 Å². The lowest BCUT2D eigenvalue weighted by Gasteiger charge is -2.29. The van der Waals surface area contributed by atoms with Gasteiger partial charge in [-0.25, -0.2) is 0 Å². The fourth-order valence-corrected chi connectivity index (χ4v) is 3.40. The Hall–Kier alpha value is -2.21. The summed E-state index contributed by atoms with van der Waals surface area (Å²) in [5, 5.41) is 7.10. The smallest absolute Gasteiger partial charge is 0.251 e. The van der Waals surface area contributed by atoms with Crippen LogP contribution in [0.5, 0.6) is 0 Å². The summed E-state index contributed by atoms with van der Waals surface area (Å²) >= 11 is 0. The first kappa shape index (κ1) is 16.3. The van der Waals surface area contributed by atoms with Crippen molar-refractivity contribution in [3.63, 3.8) is 0 Å². The van der Waals surface area contributed by atoms with Crippen LogP contribution < -0.4 is 5.32 Å². The first-order valence-corrected chi connectivity index (χ1v) is 9.10. The molecule has 1 atom stereocenters. The van der Waals surface area contributed by atoms with Crippen LogP contribution >= 0.6 is 0 Å². The van der Waals surface area contributed by atoms with Gasteiger partial charge in [0.2, 0.25) is 11.7 Å². The standard InChI is InChI=1S/C19H24N4O2/c1-23-10-2-3-13(12-23)11-20-18(24)15-6-4-14(5-7-15)17-21-19(25-22-17)16-8-9-16/h4-7,13,16H,2-3,8-12H2,1H3,(H,20,24)/t13-/m1/s1. The van der Waals surface area contributed by atoms with Crippen molar-refractivity contribution in [3.05, 3.63) is 35.7 Å². The Bertz CT molecular complexity index is 736. The van der Waals surface area contributed by atoms with Crippen LogP contribution in [-0.4, -0.2) is 47.6 Å². The second-order valence-electron chi connectivity index (χ2n) is 7.29. The average molecular weight is 340 g/mol. The second kappa shape index (κ2) is 6.96. The lowest BCUT2D eigenvalue weighted by molar-refractivity contribution is 0.0937. The van der Waals surface area contributed by atoms with Crippen molar-refractivity contribution < 1.29 is 9.32 Å². The van der Waals surface area contributed by atoms with E-state index in [9.17, 15) is 4.79 Å². The number of hydrogen-bond donors (Lipinski definition) is 1. The van der Waals surface area contributed by atoms with E-state index in [-0.39, 0.29) is 5.91 Å². The number of carbonyl (C=O) groups excluding carboxylic acids is 1. The summed E-state index contributed by atoms with van der Waals surface area (Å²) in [4.78, 5) is 19.1. The third-order valence-electron chi connectivity index (χ3n) is 5.05. The predicted molar refractivity (Wildman–Crippen MR) is 94.3 cm³/mol. The van der Waals surface area contributed by atoms with E-state index in [0.29, 0.717) is 23.2 Å². The van der Waals surface area contributed by atoms with Crippen molar-refractivity contribution in [2.75, 3.05) is 26.7 Å². The van der Waals surface area contributed by atoms with Gasteiger partial charge in [-0.05, 0) is 57.3 Å². The molecule has 0 bridgehead atoms. The lowest BCUT2D eigenvalue weighted by Crippen LogP contribution is -2.39. The molecule has 6 heteroatoms. The van der Waals surface area contributed by atoms with Crippen LogP contribution in [0.15, 0.2) is 28.8 Å². The fourth-order valence-electron chi connectivity index (χ4n) is 3.40. The van der Waals surface area contributed by atoms with Crippen molar-refractivity contribution in [2.24, 2.45) is 5.92 Å². The predicted octanol–water partition coefficient (Wildman–Crippen LogP) is 2.69. The number of nitrogens with one attached hydrogen (secondary N) is 1. The number of piperidine rings is 1. The van der Waals surface area contributed by atoms with Gasteiger partial charge in [0.15, 0.2) is 0 Å². The number of hydrogen-bond acceptors (Lipinski definition) is 5. The molecule has 1 aliphatic heterocycles. The largest absolute Gasteiger partial charge is 0.352 e. The summed E-state index contributed by atoms with van der Waals surface area (Å²) in [5.41, 5.74) is 1.54. The third kappa shape index (κ3) is 3.90. The summed E-state index contributed by atoms with van der Waals surface area (Å²) in [6.07, 6.45) is 4.67. The Kier molecular flexibility index (Phi) is 4.53. The molecule has 0 unspecified atom stereocenters. The van der Waals surface area contributed by atoms with Gasteiger partial charge in [-0.1, -0.05) is 17.3 Å². The van der Waals surface area contributed by atoms with Gasteiger partial charge in [-0.15, -0.1) is 0 Å². The molecule has 2 aliphatic rings. The zero-order chi connectivity index (χ0) is 17.2. The van der Waals surface area contributed by atoms with Crippen LogP contribution in [-0.2, 0) is 0 Å². The molecule has 1 saturated carbocycles. The number of benzene rings is 1. The number of nitrogens with zero attached hydrogens (tertiary/aromatic N) is 3. The lowest BCUT2D eigenvalue weighted by atomic mass is 9.98. The Labute approximate surface area is 147 Å². The molecule has 6 nitrogen and oxygen atoms in total. The molecular weight excluding hydrogens is 316 g/mol. The number of aromatic nitrogens is 2. The first-order chi connectivity index (χ1) is 12.2. The Morgan fingerprint density at radius 2 is 2.08 bits per heavy atom. The molecule has 0 spiro atoms. The number of rotatable bonds is 5. The van der Waals surface area contributed by atoms with Crippen LogP contribution in [0.25, 0.3) is 11.4 Å². The van der Waals surface area contributed by atoms with Gasteiger partial charge in [0.1, 0.15) is 0 Å². The number of likely N-dealkylation sites (tertiary alicyclic amines) is 1.